The molecule has 3 amide bonds. The maximum atomic E-state index is 12.9. The summed E-state index contributed by atoms with van der Waals surface area (Å²) in [6.45, 7) is 0.192. The largest absolute Gasteiger partial charge is 0.465 e. The molecule has 0 unspecified atom stereocenters. The van der Waals surface area contributed by atoms with Crippen molar-refractivity contribution in [3.8, 4) is 11.3 Å². The number of carbonyl (C=O) groups is 2. The van der Waals surface area contributed by atoms with E-state index in [0.717, 1.165) is 10.5 Å². The van der Waals surface area contributed by atoms with E-state index in [4.69, 9.17) is 28.9 Å². The van der Waals surface area contributed by atoms with Crippen molar-refractivity contribution in [2.75, 3.05) is 17.7 Å². The third kappa shape index (κ3) is 6.56. The zero-order valence-electron chi connectivity index (χ0n) is 20.4. The first-order valence-corrected chi connectivity index (χ1v) is 12.4. The minimum Gasteiger partial charge on any atom is -0.465 e. The van der Waals surface area contributed by atoms with Gasteiger partial charge in [0, 0.05) is 35.6 Å². The fourth-order valence-corrected chi connectivity index (χ4v) is 4.30. The second-order valence-corrected chi connectivity index (χ2v) is 9.40. The average molecular weight is 553 g/mol. The number of aromatic nitrogens is 2. The normalized spacial score (nSPS) is 11.6. The lowest BCUT2D eigenvalue weighted by Crippen LogP contribution is -2.39. The van der Waals surface area contributed by atoms with E-state index in [1.165, 1.54) is 7.05 Å². The van der Waals surface area contributed by atoms with Crippen LogP contribution in [0.5, 0.6) is 0 Å². The SMILES string of the molecule is CN(C(=O)O)c1ccc(-c2nc([C@H](Cc3ccccc3)NC(=O)NCc3cc(Cl)ccc3N)[nH]c2Cl)cc1. The van der Waals surface area contributed by atoms with Crippen molar-refractivity contribution in [2.24, 2.45) is 0 Å². The maximum absolute atomic E-state index is 12.9. The number of nitrogens with one attached hydrogen (secondary N) is 3. The van der Waals surface area contributed by atoms with E-state index in [-0.39, 0.29) is 6.54 Å². The zero-order chi connectivity index (χ0) is 27.2. The summed E-state index contributed by atoms with van der Waals surface area (Å²) in [5.41, 5.74) is 9.90. The van der Waals surface area contributed by atoms with Crippen LogP contribution in [0, 0.1) is 0 Å². The lowest BCUT2D eigenvalue weighted by molar-refractivity contribution is 0.203. The van der Waals surface area contributed by atoms with Crippen molar-refractivity contribution in [1.82, 2.24) is 20.6 Å². The predicted molar refractivity (Wildman–Crippen MR) is 150 cm³/mol. The fraction of sp³-hybridized carbons (Fsp3) is 0.148. The second-order valence-electron chi connectivity index (χ2n) is 8.59. The Hall–Kier alpha value is -4.21. The number of rotatable bonds is 8. The van der Waals surface area contributed by atoms with Crippen molar-refractivity contribution >= 4 is 46.7 Å². The van der Waals surface area contributed by atoms with E-state index in [0.29, 0.717) is 50.6 Å². The second kappa shape index (κ2) is 11.9. The molecule has 0 saturated carbocycles. The summed E-state index contributed by atoms with van der Waals surface area (Å²) in [7, 11) is 1.46. The predicted octanol–water partition coefficient (Wildman–Crippen LogP) is 5.86. The smallest absolute Gasteiger partial charge is 0.411 e. The summed E-state index contributed by atoms with van der Waals surface area (Å²) in [4.78, 5) is 33.0. The standard InChI is InChI=1S/C27H26Cl2N6O3/c1-35(27(37)38)20-10-7-17(8-11-20)23-24(29)34-25(33-23)22(13-16-5-3-2-4-6-16)32-26(36)31-15-18-14-19(28)9-12-21(18)30/h2-12,14,22H,13,15,30H2,1H3,(H,33,34)(H,37,38)(H2,31,32,36)/t22-/m0/s1. The van der Waals surface area contributed by atoms with E-state index in [2.05, 4.69) is 20.6 Å². The van der Waals surface area contributed by atoms with Gasteiger partial charge in [-0.3, -0.25) is 4.90 Å². The van der Waals surface area contributed by atoms with Crippen LogP contribution in [0.3, 0.4) is 0 Å². The Morgan fingerprint density at radius 3 is 2.47 bits per heavy atom. The third-order valence-electron chi connectivity index (χ3n) is 5.96. The van der Waals surface area contributed by atoms with Crippen molar-refractivity contribution in [1.29, 1.82) is 0 Å². The van der Waals surface area contributed by atoms with Crippen LogP contribution in [0.25, 0.3) is 11.3 Å². The van der Waals surface area contributed by atoms with Gasteiger partial charge in [-0.1, -0.05) is 65.7 Å². The highest BCUT2D eigenvalue weighted by molar-refractivity contribution is 6.32. The molecule has 0 aliphatic carbocycles. The number of nitrogens with zero attached hydrogens (tertiary/aromatic N) is 2. The number of imidazole rings is 1. The van der Waals surface area contributed by atoms with Gasteiger partial charge in [0.1, 0.15) is 16.7 Å². The molecule has 9 nitrogen and oxygen atoms in total. The molecule has 1 heterocycles. The van der Waals surface area contributed by atoms with Crippen molar-refractivity contribution in [3.05, 3.63) is 99.9 Å². The van der Waals surface area contributed by atoms with Crippen LogP contribution in [-0.2, 0) is 13.0 Å². The number of hydrogen-bond acceptors (Lipinski definition) is 4. The van der Waals surface area contributed by atoms with Gasteiger partial charge in [0.15, 0.2) is 0 Å². The Kier molecular flexibility index (Phi) is 8.40. The molecular formula is C27H26Cl2N6O3. The van der Waals surface area contributed by atoms with Gasteiger partial charge in [0.05, 0.1) is 6.04 Å². The van der Waals surface area contributed by atoms with E-state index in [1.54, 1.807) is 42.5 Å². The molecule has 0 spiro atoms. The van der Waals surface area contributed by atoms with Gasteiger partial charge in [-0.15, -0.1) is 0 Å². The number of amides is 3. The molecule has 4 rings (SSSR count). The minimum absolute atomic E-state index is 0.192. The Morgan fingerprint density at radius 1 is 1.08 bits per heavy atom. The van der Waals surface area contributed by atoms with Gasteiger partial charge in [-0.2, -0.15) is 0 Å². The van der Waals surface area contributed by atoms with Crippen LogP contribution in [0.4, 0.5) is 21.0 Å². The van der Waals surface area contributed by atoms with E-state index >= 15 is 0 Å². The molecule has 38 heavy (non-hydrogen) atoms. The highest BCUT2D eigenvalue weighted by Crippen LogP contribution is 2.30. The van der Waals surface area contributed by atoms with Gasteiger partial charge in [-0.25, -0.2) is 14.6 Å². The van der Waals surface area contributed by atoms with Crippen LogP contribution in [0.15, 0.2) is 72.8 Å². The van der Waals surface area contributed by atoms with Crippen LogP contribution < -0.4 is 21.3 Å². The number of urea groups is 1. The van der Waals surface area contributed by atoms with Crippen LogP contribution in [0.1, 0.15) is 23.0 Å². The zero-order valence-corrected chi connectivity index (χ0v) is 21.9. The highest BCUT2D eigenvalue weighted by atomic mass is 35.5. The van der Waals surface area contributed by atoms with Gasteiger partial charge >= 0.3 is 12.1 Å². The number of H-pyrrole nitrogens is 1. The van der Waals surface area contributed by atoms with E-state index in [9.17, 15) is 14.7 Å². The molecule has 1 aromatic heterocycles. The van der Waals surface area contributed by atoms with Crippen molar-refractivity contribution in [2.45, 2.75) is 19.0 Å². The molecular weight excluding hydrogens is 527 g/mol. The number of hydrogen-bond donors (Lipinski definition) is 5. The van der Waals surface area contributed by atoms with Crippen LogP contribution >= 0.6 is 23.2 Å². The first-order valence-electron chi connectivity index (χ1n) is 11.7. The fourth-order valence-electron chi connectivity index (χ4n) is 3.86. The molecule has 4 aromatic rings. The Morgan fingerprint density at radius 2 is 1.79 bits per heavy atom. The lowest BCUT2D eigenvalue weighted by atomic mass is 10.1. The first kappa shape index (κ1) is 26.8. The molecule has 196 valence electrons. The number of halogens is 2. The van der Waals surface area contributed by atoms with Gasteiger partial charge in [0.2, 0.25) is 0 Å². The number of aromatic amines is 1. The first-order chi connectivity index (χ1) is 18.2. The molecule has 0 aliphatic rings. The summed E-state index contributed by atoms with van der Waals surface area (Å²) in [6.07, 6.45) is -0.608. The number of nitrogens with two attached hydrogens (primary N) is 1. The molecule has 6 N–H and O–H groups in total. The summed E-state index contributed by atoms with van der Waals surface area (Å²) >= 11 is 12.6. The Bertz CT molecular complexity index is 1430. The van der Waals surface area contributed by atoms with E-state index in [1.807, 2.05) is 30.3 Å². The third-order valence-corrected chi connectivity index (χ3v) is 6.46. The number of carbonyl (C=O) groups excluding carboxylic acids is 1. The molecule has 0 radical (unpaired) electrons. The maximum Gasteiger partial charge on any atom is 0.411 e. The monoisotopic (exact) mass is 552 g/mol. The molecule has 11 heteroatoms. The molecule has 0 saturated heterocycles. The van der Waals surface area contributed by atoms with Gasteiger partial charge in [-0.05, 0) is 47.9 Å². The molecule has 1 atom stereocenters. The average Bonchev–Trinajstić information content (AvgIpc) is 3.30. The molecule has 3 aromatic carbocycles. The summed E-state index contributed by atoms with van der Waals surface area (Å²) in [5.74, 6) is 0.470. The number of carboxylic acid groups (broad SMARTS) is 1. The number of anilines is 2. The molecule has 0 aliphatic heterocycles. The topological polar surface area (TPSA) is 136 Å². The van der Waals surface area contributed by atoms with Gasteiger partial charge < -0.3 is 26.5 Å². The summed E-state index contributed by atoms with van der Waals surface area (Å²) < 4.78 is 0. The lowest BCUT2D eigenvalue weighted by Gasteiger charge is -2.18. The summed E-state index contributed by atoms with van der Waals surface area (Å²) in [5, 5.41) is 15.8. The van der Waals surface area contributed by atoms with E-state index < -0.39 is 18.2 Å². The minimum atomic E-state index is -1.07. The quantitative estimate of drug-likeness (QED) is 0.174. The Balaban J connectivity index is 1.55. The number of benzene rings is 3. The van der Waals surface area contributed by atoms with Crippen LogP contribution in [-0.4, -0.2) is 34.2 Å². The number of nitrogen functional groups attached to an aromatic ring is 1. The van der Waals surface area contributed by atoms with Gasteiger partial charge in [0.25, 0.3) is 0 Å². The molecule has 0 fully saturated rings. The molecule has 0 bridgehead atoms. The Labute approximate surface area is 229 Å². The van der Waals surface area contributed by atoms with Crippen molar-refractivity contribution in [3.63, 3.8) is 0 Å². The van der Waals surface area contributed by atoms with Crippen LogP contribution in [0.2, 0.25) is 10.2 Å². The highest BCUT2D eigenvalue weighted by Gasteiger charge is 2.22. The van der Waals surface area contributed by atoms with Crippen molar-refractivity contribution < 1.29 is 14.7 Å². The summed E-state index contributed by atoms with van der Waals surface area (Å²) in [6, 6.07) is 20.6.